The quantitative estimate of drug-likeness (QED) is 0.530. The molecular formula is C13H29NOSi. The van der Waals surface area contributed by atoms with Gasteiger partial charge in [0.2, 0.25) is 0 Å². The van der Waals surface area contributed by atoms with Gasteiger partial charge in [-0.1, -0.05) is 20.8 Å². The summed E-state index contributed by atoms with van der Waals surface area (Å²) >= 11 is 0. The molecule has 0 amide bonds. The van der Waals surface area contributed by atoms with Crippen molar-refractivity contribution in [3.63, 3.8) is 0 Å². The standard InChI is InChI=1S/C13H29NOSi/c1-9-12(14(10-2)11-3)15-16(7,8)13(4,5)6/h9H,10-11H2,1-8H3/b12-9-. The molecule has 3 heteroatoms. The normalized spacial score (nSPS) is 13.9. The number of hydrogen-bond acceptors (Lipinski definition) is 2. The van der Waals surface area contributed by atoms with Gasteiger partial charge in [0.15, 0.2) is 5.88 Å². The first-order chi connectivity index (χ1) is 7.19. The van der Waals surface area contributed by atoms with Crippen LogP contribution in [0, 0.1) is 0 Å². The highest BCUT2D eigenvalue weighted by Gasteiger charge is 2.39. The molecule has 0 unspecified atom stereocenters. The highest BCUT2D eigenvalue weighted by Crippen LogP contribution is 2.38. The van der Waals surface area contributed by atoms with Crippen LogP contribution in [0.15, 0.2) is 12.0 Å². The Morgan fingerprint density at radius 1 is 1.19 bits per heavy atom. The van der Waals surface area contributed by atoms with E-state index >= 15 is 0 Å². The van der Waals surface area contributed by atoms with Crippen molar-refractivity contribution in [3.05, 3.63) is 12.0 Å². The molecule has 0 aromatic carbocycles. The monoisotopic (exact) mass is 243 g/mol. The van der Waals surface area contributed by atoms with Crippen LogP contribution < -0.4 is 0 Å². The summed E-state index contributed by atoms with van der Waals surface area (Å²) in [5, 5.41) is 0.258. The number of nitrogens with zero attached hydrogens (tertiary/aromatic N) is 1. The zero-order valence-electron chi connectivity index (χ0n) is 12.3. The van der Waals surface area contributed by atoms with E-state index < -0.39 is 8.32 Å². The molecule has 0 N–H and O–H groups in total. The molecule has 0 bridgehead atoms. The summed E-state index contributed by atoms with van der Waals surface area (Å²) < 4.78 is 6.32. The van der Waals surface area contributed by atoms with Crippen LogP contribution in [0.3, 0.4) is 0 Å². The lowest BCUT2D eigenvalue weighted by atomic mass is 10.2. The minimum Gasteiger partial charge on any atom is -0.532 e. The molecule has 0 radical (unpaired) electrons. The van der Waals surface area contributed by atoms with Crippen LogP contribution >= 0.6 is 0 Å². The molecule has 0 fully saturated rings. The average Bonchev–Trinajstić information content (AvgIpc) is 2.16. The van der Waals surface area contributed by atoms with Crippen LogP contribution in [-0.2, 0) is 4.43 Å². The molecule has 0 spiro atoms. The molecular weight excluding hydrogens is 214 g/mol. The maximum Gasteiger partial charge on any atom is 0.252 e. The maximum atomic E-state index is 6.32. The van der Waals surface area contributed by atoms with E-state index in [2.05, 4.69) is 65.6 Å². The molecule has 96 valence electrons. The smallest absolute Gasteiger partial charge is 0.252 e. The van der Waals surface area contributed by atoms with Crippen LogP contribution in [0.1, 0.15) is 41.5 Å². The third kappa shape index (κ3) is 3.85. The first-order valence-corrected chi connectivity index (χ1v) is 9.20. The summed E-state index contributed by atoms with van der Waals surface area (Å²) in [7, 11) is -1.69. The largest absolute Gasteiger partial charge is 0.532 e. The van der Waals surface area contributed by atoms with E-state index in [1.807, 2.05) is 0 Å². The first-order valence-electron chi connectivity index (χ1n) is 6.29. The molecule has 16 heavy (non-hydrogen) atoms. The number of allylic oxidation sites excluding steroid dienone is 1. The third-order valence-corrected chi connectivity index (χ3v) is 7.82. The average molecular weight is 243 g/mol. The minimum absolute atomic E-state index is 0.258. The molecule has 0 saturated carbocycles. The summed E-state index contributed by atoms with van der Waals surface area (Å²) in [6.07, 6.45) is 2.09. The van der Waals surface area contributed by atoms with E-state index in [9.17, 15) is 0 Å². The van der Waals surface area contributed by atoms with Gasteiger partial charge in [0.25, 0.3) is 8.32 Å². The van der Waals surface area contributed by atoms with E-state index in [4.69, 9.17) is 4.43 Å². The zero-order valence-corrected chi connectivity index (χ0v) is 13.3. The Kier molecular flexibility index (Phi) is 5.60. The fourth-order valence-electron chi connectivity index (χ4n) is 1.26. The minimum atomic E-state index is -1.69. The Bertz CT molecular complexity index is 237. The van der Waals surface area contributed by atoms with E-state index in [0.717, 1.165) is 19.0 Å². The lowest BCUT2D eigenvalue weighted by Gasteiger charge is -2.39. The highest BCUT2D eigenvalue weighted by atomic mass is 28.4. The van der Waals surface area contributed by atoms with Gasteiger partial charge in [-0.05, 0) is 45.0 Å². The van der Waals surface area contributed by atoms with Crippen LogP contribution in [0.2, 0.25) is 18.1 Å². The van der Waals surface area contributed by atoms with Gasteiger partial charge in [-0.2, -0.15) is 0 Å². The van der Waals surface area contributed by atoms with Crippen LogP contribution in [0.4, 0.5) is 0 Å². The van der Waals surface area contributed by atoms with Crippen molar-refractivity contribution < 1.29 is 4.43 Å². The topological polar surface area (TPSA) is 12.5 Å². The molecule has 0 aliphatic carbocycles. The maximum absolute atomic E-state index is 6.32. The van der Waals surface area contributed by atoms with E-state index in [1.165, 1.54) is 0 Å². The van der Waals surface area contributed by atoms with Gasteiger partial charge in [0.05, 0.1) is 0 Å². The predicted octanol–water partition coefficient (Wildman–Crippen LogP) is 4.21. The zero-order chi connectivity index (χ0) is 13.0. The fourth-order valence-corrected chi connectivity index (χ4v) is 2.33. The first kappa shape index (κ1) is 15.6. The van der Waals surface area contributed by atoms with Crippen molar-refractivity contribution in [1.82, 2.24) is 4.90 Å². The second-order valence-corrected chi connectivity index (χ2v) is 10.4. The summed E-state index contributed by atoms with van der Waals surface area (Å²) in [6, 6.07) is 0. The number of hydrogen-bond donors (Lipinski definition) is 0. The molecule has 0 rings (SSSR count). The highest BCUT2D eigenvalue weighted by molar-refractivity contribution is 6.74. The molecule has 0 heterocycles. The Balaban J connectivity index is 4.81. The summed E-state index contributed by atoms with van der Waals surface area (Å²) in [5.41, 5.74) is 0. The van der Waals surface area contributed by atoms with Gasteiger partial charge in [-0.25, -0.2) is 0 Å². The van der Waals surface area contributed by atoms with Gasteiger partial charge in [-0.3, -0.25) is 0 Å². The fraction of sp³-hybridized carbons (Fsp3) is 0.846. The van der Waals surface area contributed by atoms with E-state index in [1.54, 1.807) is 0 Å². The van der Waals surface area contributed by atoms with Crippen molar-refractivity contribution in [2.24, 2.45) is 0 Å². The summed E-state index contributed by atoms with van der Waals surface area (Å²) in [6.45, 7) is 19.8. The Labute approximate surface area is 103 Å². The van der Waals surface area contributed by atoms with E-state index in [0.29, 0.717) is 0 Å². The van der Waals surface area contributed by atoms with Gasteiger partial charge in [-0.15, -0.1) is 0 Å². The molecule has 0 aromatic rings. The third-order valence-electron chi connectivity index (χ3n) is 3.49. The summed E-state index contributed by atoms with van der Waals surface area (Å²) in [4.78, 5) is 2.28. The Hall–Kier alpha value is -0.443. The van der Waals surface area contributed by atoms with Gasteiger partial charge >= 0.3 is 0 Å². The van der Waals surface area contributed by atoms with Crippen molar-refractivity contribution in [2.45, 2.75) is 59.7 Å². The SMILES string of the molecule is C/C=C(\O[Si](C)(C)C(C)(C)C)N(CC)CC. The second kappa shape index (κ2) is 5.76. The van der Waals surface area contributed by atoms with Gasteiger partial charge in [0.1, 0.15) is 0 Å². The van der Waals surface area contributed by atoms with Crippen molar-refractivity contribution in [2.75, 3.05) is 13.1 Å². The predicted molar refractivity (Wildman–Crippen MR) is 75.0 cm³/mol. The molecule has 0 aliphatic rings. The summed E-state index contributed by atoms with van der Waals surface area (Å²) in [5.74, 6) is 1.05. The van der Waals surface area contributed by atoms with Crippen molar-refractivity contribution >= 4 is 8.32 Å². The molecule has 2 nitrogen and oxygen atoms in total. The second-order valence-electron chi connectivity index (χ2n) is 5.66. The lowest BCUT2D eigenvalue weighted by molar-refractivity contribution is 0.216. The Morgan fingerprint density at radius 2 is 1.62 bits per heavy atom. The van der Waals surface area contributed by atoms with Crippen molar-refractivity contribution in [3.8, 4) is 0 Å². The molecule has 0 saturated heterocycles. The number of rotatable bonds is 5. The van der Waals surface area contributed by atoms with Gasteiger partial charge in [0, 0.05) is 13.1 Å². The lowest BCUT2D eigenvalue weighted by Crippen LogP contribution is -2.43. The van der Waals surface area contributed by atoms with Crippen LogP contribution in [0.25, 0.3) is 0 Å². The van der Waals surface area contributed by atoms with Crippen molar-refractivity contribution in [1.29, 1.82) is 0 Å². The van der Waals surface area contributed by atoms with E-state index in [-0.39, 0.29) is 5.04 Å². The van der Waals surface area contributed by atoms with Gasteiger partial charge < -0.3 is 9.33 Å². The molecule has 0 aromatic heterocycles. The molecule has 0 atom stereocenters. The van der Waals surface area contributed by atoms with Crippen LogP contribution in [-0.4, -0.2) is 26.3 Å². The van der Waals surface area contributed by atoms with Crippen LogP contribution in [0.5, 0.6) is 0 Å². The Morgan fingerprint density at radius 3 is 1.88 bits per heavy atom. The molecule has 0 aliphatic heterocycles.